The number of hydrogen-bond donors (Lipinski definition) is 4. The van der Waals surface area contributed by atoms with Gasteiger partial charge in [0.25, 0.3) is 0 Å². The summed E-state index contributed by atoms with van der Waals surface area (Å²) in [5.41, 5.74) is 12.2. The normalized spacial score (nSPS) is 15.5. The minimum atomic E-state index is 0.629. The first-order valence-corrected chi connectivity index (χ1v) is 10.7. The fourth-order valence-corrected chi connectivity index (χ4v) is 4.07. The van der Waals surface area contributed by atoms with Crippen LogP contribution in [-0.4, -0.2) is 43.4 Å². The number of aromatic nitrogens is 2. The van der Waals surface area contributed by atoms with Crippen molar-refractivity contribution in [3.63, 3.8) is 0 Å². The van der Waals surface area contributed by atoms with Crippen molar-refractivity contribution in [3.8, 4) is 17.0 Å². The first kappa shape index (κ1) is 21.4. The lowest BCUT2D eigenvalue weighted by atomic mass is 10.1. The first-order chi connectivity index (χ1) is 15.5. The SMILES string of the molecule is CNc1ccc(-c2cc(Nc3cc(N)c(N4CCC(C)C4)cc3OC)ncn2)cc1C=N. The van der Waals surface area contributed by atoms with E-state index in [1.54, 1.807) is 7.11 Å². The largest absolute Gasteiger partial charge is 0.494 e. The molecule has 3 aromatic rings. The highest BCUT2D eigenvalue weighted by Crippen LogP contribution is 2.38. The number of methoxy groups -OCH3 is 1. The van der Waals surface area contributed by atoms with Crippen LogP contribution in [0.5, 0.6) is 5.75 Å². The molecule has 1 saturated heterocycles. The molecule has 0 amide bonds. The number of anilines is 5. The fraction of sp³-hybridized carbons (Fsp3) is 0.292. The van der Waals surface area contributed by atoms with Crippen LogP contribution in [0.3, 0.4) is 0 Å². The highest BCUT2D eigenvalue weighted by molar-refractivity contribution is 5.88. The molecule has 0 aliphatic carbocycles. The monoisotopic (exact) mass is 431 g/mol. The van der Waals surface area contributed by atoms with Gasteiger partial charge in [0.15, 0.2) is 0 Å². The van der Waals surface area contributed by atoms with Crippen LogP contribution in [0.1, 0.15) is 18.9 Å². The highest BCUT2D eigenvalue weighted by Gasteiger charge is 2.22. The molecule has 2 heterocycles. The third-order valence-electron chi connectivity index (χ3n) is 5.82. The van der Waals surface area contributed by atoms with Gasteiger partial charge in [-0.2, -0.15) is 0 Å². The van der Waals surface area contributed by atoms with E-state index >= 15 is 0 Å². The average molecular weight is 432 g/mol. The third kappa shape index (κ3) is 4.30. The van der Waals surface area contributed by atoms with Crippen LogP contribution in [0.4, 0.5) is 28.6 Å². The topological polar surface area (TPSA) is 112 Å². The van der Waals surface area contributed by atoms with Gasteiger partial charge in [0.05, 0.1) is 29.9 Å². The van der Waals surface area contributed by atoms with Gasteiger partial charge in [0, 0.05) is 55.3 Å². The zero-order valence-corrected chi connectivity index (χ0v) is 18.6. The molecule has 4 rings (SSSR count). The summed E-state index contributed by atoms with van der Waals surface area (Å²) in [7, 11) is 3.49. The second kappa shape index (κ2) is 9.13. The van der Waals surface area contributed by atoms with Crippen LogP contribution >= 0.6 is 0 Å². The van der Waals surface area contributed by atoms with Gasteiger partial charge in [-0.3, -0.25) is 0 Å². The van der Waals surface area contributed by atoms with Crippen LogP contribution in [0.25, 0.3) is 11.3 Å². The quantitative estimate of drug-likeness (QED) is 0.325. The summed E-state index contributed by atoms with van der Waals surface area (Å²) in [6, 6.07) is 11.6. The molecule has 1 aliphatic rings. The molecular weight excluding hydrogens is 402 g/mol. The van der Waals surface area contributed by atoms with Gasteiger partial charge in [-0.25, -0.2) is 9.97 Å². The summed E-state index contributed by atoms with van der Waals surface area (Å²) < 4.78 is 5.65. The zero-order valence-electron chi connectivity index (χ0n) is 18.6. The lowest BCUT2D eigenvalue weighted by molar-refractivity contribution is 0.417. The summed E-state index contributed by atoms with van der Waals surface area (Å²) in [6.45, 7) is 4.26. The van der Waals surface area contributed by atoms with E-state index in [1.807, 2.05) is 43.4 Å². The predicted molar refractivity (Wildman–Crippen MR) is 132 cm³/mol. The molecule has 1 aliphatic heterocycles. The van der Waals surface area contributed by atoms with E-state index in [9.17, 15) is 0 Å². The Labute approximate surface area is 188 Å². The van der Waals surface area contributed by atoms with E-state index in [0.717, 1.165) is 47.0 Å². The lowest BCUT2D eigenvalue weighted by Gasteiger charge is -2.22. The maximum atomic E-state index is 7.65. The molecule has 1 fully saturated rings. The van der Waals surface area contributed by atoms with Gasteiger partial charge >= 0.3 is 0 Å². The Hall–Kier alpha value is -3.81. The Morgan fingerprint density at radius 2 is 2.03 bits per heavy atom. The van der Waals surface area contributed by atoms with Gasteiger partial charge < -0.3 is 31.4 Å². The van der Waals surface area contributed by atoms with E-state index in [2.05, 4.69) is 32.4 Å². The Balaban J connectivity index is 1.62. The predicted octanol–water partition coefficient (Wildman–Crippen LogP) is 4.36. The van der Waals surface area contributed by atoms with Crippen LogP contribution in [0, 0.1) is 11.3 Å². The molecule has 8 heteroatoms. The van der Waals surface area contributed by atoms with E-state index < -0.39 is 0 Å². The third-order valence-corrected chi connectivity index (χ3v) is 5.82. The van der Waals surface area contributed by atoms with E-state index in [0.29, 0.717) is 23.2 Å². The molecule has 32 heavy (non-hydrogen) atoms. The first-order valence-electron chi connectivity index (χ1n) is 10.7. The van der Waals surface area contributed by atoms with E-state index in [4.69, 9.17) is 15.9 Å². The number of nitrogens with one attached hydrogen (secondary N) is 3. The molecule has 0 bridgehead atoms. The Morgan fingerprint density at radius 3 is 2.72 bits per heavy atom. The number of nitrogens with two attached hydrogens (primary N) is 1. The summed E-state index contributed by atoms with van der Waals surface area (Å²) in [6.07, 6.45) is 4.01. The summed E-state index contributed by atoms with van der Waals surface area (Å²) in [5.74, 6) is 2.00. The summed E-state index contributed by atoms with van der Waals surface area (Å²) in [5, 5.41) is 14.1. The van der Waals surface area contributed by atoms with Crippen molar-refractivity contribution < 1.29 is 4.74 Å². The molecule has 166 valence electrons. The maximum absolute atomic E-state index is 7.65. The molecule has 2 aromatic carbocycles. The fourth-order valence-electron chi connectivity index (χ4n) is 4.07. The number of nitrogen functional groups attached to an aromatic ring is 1. The van der Waals surface area contributed by atoms with Gasteiger partial charge in [-0.1, -0.05) is 13.0 Å². The molecule has 5 N–H and O–H groups in total. The van der Waals surface area contributed by atoms with E-state index in [1.165, 1.54) is 19.0 Å². The second-order valence-electron chi connectivity index (χ2n) is 8.06. The van der Waals surface area contributed by atoms with Gasteiger partial charge in [-0.05, 0) is 30.5 Å². The Bertz CT molecular complexity index is 1130. The molecule has 0 saturated carbocycles. The van der Waals surface area contributed by atoms with Crippen LogP contribution in [0.2, 0.25) is 0 Å². The average Bonchev–Trinajstić information content (AvgIpc) is 3.24. The van der Waals surface area contributed by atoms with Gasteiger partial charge in [0.1, 0.15) is 17.9 Å². The minimum Gasteiger partial charge on any atom is -0.494 e. The van der Waals surface area contributed by atoms with Crippen LogP contribution in [-0.2, 0) is 0 Å². The molecule has 0 spiro atoms. The van der Waals surface area contributed by atoms with Crippen molar-refractivity contribution >= 4 is 34.8 Å². The highest BCUT2D eigenvalue weighted by atomic mass is 16.5. The van der Waals surface area contributed by atoms with E-state index in [-0.39, 0.29) is 0 Å². The molecule has 0 radical (unpaired) electrons. The van der Waals surface area contributed by atoms with Crippen LogP contribution in [0.15, 0.2) is 42.7 Å². The van der Waals surface area contributed by atoms with Crippen molar-refractivity contribution in [1.29, 1.82) is 5.41 Å². The Kier molecular flexibility index (Phi) is 6.11. The Morgan fingerprint density at radius 1 is 1.19 bits per heavy atom. The summed E-state index contributed by atoms with van der Waals surface area (Å²) in [4.78, 5) is 11.1. The number of nitrogens with zero attached hydrogens (tertiary/aromatic N) is 3. The molecule has 1 atom stereocenters. The second-order valence-corrected chi connectivity index (χ2v) is 8.06. The van der Waals surface area contributed by atoms with Crippen molar-refractivity contribution in [2.75, 3.05) is 48.5 Å². The van der Waals surface area contributed by atoms with Crippen molar-refractivity contribution in [1.82, 2.24) is 9.97 Å². The van der Waals surface area contributed by atoms with Crippen molar-refractivity contribution in [2.45, 2.75) is 13.3 Å². The van der Waals surface area contributed by atoms with Crippen molar-refractivity contribution in [2.24, 2.45) is 5.92 Å². The molecule has 8 nitrogen and oxygen atoms in total. The lowest BCUT2D eigenvalue weighted by Crippen LogP contribution is -2.20. The maximum Gasteiger partial charge on any atom is 0.144 e. The smallest absolute Gasteiger partial charge is 0.144 e. The standard InChI is InChI=1S/C24H29N7O/c1-15-6-7-31(13-15)22-11-23(32-3)21(9-18(22)26)30-24-10-20(28-14-29-24)16-4-5-19(27-2)17(8-16)12-25/h4-5,8-12,14-15,25,27H,6-7,13,26H2,1-3H3,(H,28,29,30). The molecule has 1 unspecified atom stereocenters. The molecular formula is C24H29N7O. The minimum absolute atomic E-state index is 0.629. The molecule has 1 aromatic heterocycles. The van der Waals surface area contributed by atoms with Crippen molar-refractivity contribution in [3.05, 3.63) is 48.3 Å². The van der Waals surface area contributed by atoms with Gasteiger partial charge in [-0.15, -0.1) is 0 Å². The number of hydrogen-bond acceptors (Lipinski definition) is 8. The summed E-state index contributed by atoms with van der Waals surface area (Å²) >= 11 is 0. The van der Waals surface area contributed by atoms with Gasteiger partial charge in [0.2, 0.25) is 0 Å². The zero-order chi connectivity index (χ0) is 22.7. The van der Waals surface area contributed by atoms with Crippen LogP contribution < -0.4 is 26.0 Å². The number of rotatable bonds is 7. The number of benzene rings is 2. The number of ether oxygens (including phenoxy) is 1.